The van der Waals surface area contributed by atoms with E-state index in [0.717, 1.165) is 0 Å². The number of aromatic amines is 1. The van der Waals surface area contributed by atoms with Crippen molar-refractivity contribution in [2.24, 2.45) is 0 Å². The first-order chi connectivity index (χ1) is 4.70. The maximum absolute atomic E-state index is 11.9. The van der Waals surface area contributed by atoms with E-state index < -0.39 is 6.43 Å². The van der Waals surface area contributed by atoms with Crippen molar-refractivity contribution in [2.45, 2.75) is 6.43 Å². The van der Waals surface area contributed by atoms with Gasteiger partial charge in [0, 0.05) is 17.8 Å². The quantitative estimate of drug-likeness (QED) is 0.535. The molecule has 2 nitrogen and oxygen atoms in total. The highest BCUT2D eigenvalue weighted by atomic mass is 35.5. The van der Waals surface area contributed by atoms with Crippen LogP contribution in [0.15, 0.2) is 18.3 Å². The SMILES string of the molecule is Nc1cc[nH+]c(C(F)F)c1.[Cl-]. The molecular weight excluding hydrogens is 174 g/mol. The highest BCUT2D eigenvalue weighted by Gasteiger charge is 2.13. The van der Waals surface area contributed by atoms with Gasteiger partial charge in [0.2, 0.25) is 5.69 Å². The molecule has 0 saturated carbocycles. The summed E-state index contributed by atoms with van der Waals surface area (Å²) in [6, 6.07) is 2.73. The van der Waals surface area contributed by atoms with Crippen LogP contribution in [0.5, 0.6) is 0 Å². The van der Waals surface area contributed by atoms with Crippen molar-refractivity contribution in [3.8, 4) is 0 Å². The monoisotopic (exact) mass is 180 g/mol. The first-order valence-corrected chi connectivity index (χ1v) is 2.75. The number of H-pyrrole nitrogens is 1. The highest BCUT2D eigenvalue weighted by Crippen LogP contribution is 2.14. The fourth-order valence-corrected chi connectivity index (χ4v) is 0.629. The smallest absolute Gasteiger partial charge is 0.320 e. The lowest BCUT2D eigenvalue weighted by atomic mass is 10.3. The number of nitrogens with one attached hydrogen (secondary N) is 1. The van der Waals surface area contributed by atoms with Crippen molar-refractivity contribution in [3.63, 3.8) is 0 Å². The third-order valence-electron chi connectivity index (χ3n) is 1.08. The second-order valence-corrected chi connectivity index (χ2v) is 1.88. The molecule has 0 atom stereocenters. The molecule has 1 aromatic rings. The molecule has 0 fully saturated rings. The number of nitrogens with two attached hydrogens (primary N) is 1. The van der Waals surface area contributed by atoms with Crippen LogP contribution in [0, 0.1) is 0 Å². The molecule has 0 aliphatic carbocycles. The third kappa shape index (κ3) is 2.67. The van der Waals surface area contributed by atoms with E-state index in [9.17, 15) is 8.78 Å². The van der Waals surface area contributed by atoms with Crippen molar-refractivity contribution in [1.82, 2.24) is 0 Å². The minimum atomic E-state index is -2.48. The van der Waals surface area contributed by atoms with Crippen molar-refractivity contribution in [3.05, 3.63) is 24.0 Å². The van der Waals surface area contributed by atoms with Crippen molar-refractivity contribution in [2.75, 3.05) is 5.73 Å². The zero-order valence-electron chi connectivity index (χ0n) is 5.52. The van der Waals surface area contributed by atoms with Gasteiger partial charge in [-0.1, -0.05) is 0 Å². The van der Waals surface area contributed by atoms with Gasteiger partial charge >= 0.3 is 6.43 Å². The molecule has 1 rings (SSSR count). The van der Waals surface area contributed by atoms with E-state index in [2.05, 4.69) is 4.98 Å². The lowest BCUT2D eigenvalue weighted by molar-refractivity contribution is -0.401. The van der Waals surface area contributed by atoms with Gasteiger partial charge in [-0.3, -0.25) is 0 Å². The van der Waals surface area contributed by atoms with E-state index in [1.807, 2.05) is 0 Å². The van der Waals surface area contributed by atoms with E-state index in [1.54, 1.807) is 0 Å². The van der Waals surface area contributed by atoms with Crippen molar-refractivity contribution in [1.29, 1.82) is 0 Å². The number of hydrogen-bond donors (Lipinski definition) is 1. The number of anilines is 1. The molecule has 11 heavy (non-hydrogen) atoms. The maximum Gasteiger partial charge on any atom is 0.320 e. The van der Waals surface area contributed by atoms with Crippen molar-refractivity contribution < 1.29 is 26.2 Å². The summed E-state index contributed by atoms with van der Waals surface area (Å²) in [6.07, 6.45) is -1.10. The molecule has 0 aromatic carbocycles. The van der Waals surface area contributed by atoms with Crippen LogP contribution < -0.4 is 23.1 Å². The van der Waals surface area contributed by atoms with Crippen LogP contribution in [0.4, 0.5) is 14.5 Å². The van der Waals surface area contributed by atoms with Gasteiger partial charge in [-0.05, 0) is 0 Å². The van der Waals surface area contributed by atoms with Gasteiger partial charge in [0.15, 0.2) is 6.20 Å². The molecule has 0 unspecified atom stereocenters. The second kappa shape index (κ2) is 4.08. The molecule has 0 saturated heterocycles. The highest BCUT2D eigenvalue weighted by molar-refractivity contribution is 5.35. The van der Waals surface area contributed by atoms with Gasteiger partial charge in [-0.25, -0.2) is 4.98 Å². The Morgan fingerprint density at radius 3 is 2.45 bits per heavy atom. The average molecular weight is 181 g/mol. The Kier molecular flexibility index (Phi) is 3.74. The van der Waals surface area contributed by atoms with E-state index in [-0.39, 0.29) is 18.1 Å². The molecule has 0 amide bonds. The van der Waals surface area contributed by atoms with Gasteiger partial charge in [-0.2, -0.15) is 8.78 Å². The Hall–Kier alpha value is -0.900. The minimum Gasteiger partial charge on any atom is -1.00 e. The number of aromatic nitrogens is 1. The lowest BCUT2D eigenvalue weighted by Crippen LogP contribution is -3.00. The minimum absolute atomic E-state index is 0. The lowest BCUT2D eigenvalue weighted by Gasteiger charge is -1.91. The van der Waals surface area contributed by atoms with E-state index >= 15 is 0 Å². The van der Waals surface area contributed by atoms with Crippen LogP contribution in [-0.2, 0) is 0 Å². The van der Waals surface area contributed by atoms with Crippen LogP contribution in [0.2, 0.25) is 0 Å². The van der Waals surface area contributed by atoms with E-state index in [1.165, 1.54) is 18.3 Å². The molecule has 0 radical (unpaired) electrons. The Balaban J connectivity index is 0.000001000. The summed E-state index contributed by atoms with van der Waals surface area (Å²) < 4.78 is 23.7. The number of nitrogen functional groups attached to an aromatic ring is 1. The molecule has 5 heteroatoms. The molecule has 62 valence electrons. The molecule has 3 N–H and O–H groups in total. The number of hydrogen-bond acceptors (Lipinski definition) is 1. The Morgan fingerprint density at radius 2 is 2.09 bits per heavy atom. The zero-order chi connectivity index (χ0) is 7.56. The fraction of sp³-hybridized carbons (Fsp3) is 0.167. The normalized spacial score (nSPS) is 9.36. The predicted molar refractivity (Wildman–Crippen MR) is 32.4 cm³/mol. The van der Waals surface area contributed by atoms with Crippen LogP contribution in [0.25, 0.3) is 0 Å². The summed E-state index contributed by atoms with van der Waals surface area (Å²) in [4.78, 5) is 2.38. The second-order valence-electron chi connectivity index (χ2n) is 1.88. The average Bonchev–Trinajstić information content (AvgIpc) is 1.88. The Labute approximate surface area is 68.8 Å². The fourth-order valence-electron chi connectivity index (χ4n) is 0.629. The van der Waals surface area contributed by atoms with Gasteiger partial charge in [0.05, 0.1) is 0 Å². The molecule has 0 spiro atoms. The first-order valence-electron chi connectivity index (χ1n) is 2.75. The summed E-state index contributed by atoms with van der Waals surface area (Å²) in [5.74, 6) is 0. The van der Waals surface area contributed by atoms with E-state index in [4.69, 9.17) is 5.73 Å². The van der Waals surface area contributed by atoms with Gasteiger partial charge in [0.1, 0.15) is 0 Å². The number of halogens is 3. The maximum atomic E-state index is 11.9. The molecular formula is C6H7ClF2N2. The van der Waals surface area contributed by atoms with Crippen LogP contribution in [-0.4, -0.2) is 0 Å². The van der Waals surface area contributed by atoms with Crippen LogP contribution >= 0.6 is 0 Å². The topological polar surface area (TPSA) is 40.2 Å². The predicted octanol–water partition coefficient (Wildman–Crippen LogP) is -1.98. The number of alkyl halides is 2. The molecule has 0 bridgehead atoms. The summed E-state index contributed by atoms with van der Waals surface area (Å²) in [7, 11) is 0. The van der Waals surface area contributed by atoms with Crippen LogP contribution in [0.1, 0.15) is 12.1 Å². The molecule has 0 aliphatic rings. The summed E-state index contributed by atoms with van der Waals surface area (Å²) in [5.41, 5.74) is 5.43. The van der Waals surface area contributed by atoms with Crippen molar-refractivity contribution >= 4 is 5.69 Å². The van der Waals surface area contributed by atoms with Gasteiger partial charge in [0.25, 0.3) is 0 Å². The summed E-state index contributed by atoms with van der Waals surface area (Å²) >= 11 is 0. The molecule has 1 heterocycles. The largest absolute Gasteiger partial charge is 1.00 e. The molecule has 1 aromatic heterocycles. The number of rotatable bonds is 1. The first kappa shape index (κ1) is 10.1. The van der Waals surface area contributed by atoms with Gasteiger partial charge in [-0.15, -0.1) is 0 Å². The zero-order valence-corrected chi connectivity index (χ0v) is 6.28. The van der Waals surface area contributed by atoms with Crippen LogP contribution in [0.3, 0.4) is 0 Å². The summed E-state index contributed by atoms with van der Waals surface area (Å²) in [5, 5.41) is 0. The number of pyridine rings is 1. The van der Waals surface area contributed by atoms with Gasteiger partial charge < -0.3 is 18.1 Å². The third-order valence-corrected chi connectivity index (χ3v) is 1.08. The Bertz CT molecular complexity index is 230. The molecule has 0 aliphatic heterocycles. The van der Waals surface area contributed by atoms with E-state index in [0.29, 0.717) is 5.69 Å². The standard InChI is InChI=1S/C6H6F2N2.ClH/c7-6(8)5-3-4(9)1-2-10-5;/h1-3,6H,(H2,9,10);1H. The summed E-state index contributed by atoms with van der Waals surface area (Å²) in [6.45, 7) is 0. The Morgan fingerprint density at radius 1 is 1.45 bits per heavy atom.